The Morgan fingerprint density at radius 3 is 2.03 bits per heavy atom. The minimum atomic E-state index is -1.45. The van der Waals surface area contributed by atoms with E-state index in [0.29, 0.717) is 35.1 Å². The average Bonchev–Trinajstić information content (AvgIpc) is 3.18. The van der Waals surface area contributed by atoms with Crippen LogP contribution in [0.2, 0.25) is 0 Å². The number of fused-ring (bicyclic) bond motifs is 1. The van der Waals surface area contributed by atoms with Gasteiger partial charge in [0, 0.05) is 12.6 Å². The van der Waals surface area contributed by atoms with Gasteiger partial charge in [0.2, 0.25) is 5.91 Å². The zero-order valence-corrected chi connectivity index (χ0v) is 20.9. The first kappa shape index (κ1) is 24.2. The molecule has 190 valence electrons. The van der Waals surface area contributed by atoms with Gasteiger partial charge >= 0.3 is 6.03 Å². The number of imide groups is 1. The van der Waals surface area contributed by atoms with Crippen LogP contribution in [0.5, 0.6) is 11.5 Å². The van der Waals surface area contributed by atoms with Crippen molar-refractivity contribution in [2.75, 3.05) is 27.3 Å². The number of ether oxygens (including phenoxy) is 2. The fourth-order valence-corrected chi connectivity index (χ4v) is 6.12. The molecule has 2 aromatic rings. The molecule has 2 aliphatic heterocycles. The quantitative estimate of drug-likeness (QED) is 0.623. The molecular weight excluding hydrogens is 458 g/mol. The highest BCUT2D eigenvalue weighted by Crippen LogP contribution is 2.39. The summed E-state index contributed by atoms with van der Waals surface area (Å²) in [4.78, 5) is 43.8. The van der Waals surface area contributed by atoms with E-state index in [1.807, 2.05) is 4.90 Å². The van der Waals surface area contributed by atoms with Crippen molar-refractivity contribution < 1.29 is 23.9 Å². The highest BCUT2D eigenvalue weighted by Gasteiger charge is 2.54. The Morgan fingerprint density at radius 1 is 0.889 bits per heavy atom. The summed E-state index contributed by atoms with van der Waals surface area (Å²) in [6.45, 7) is 0.424. The molecule has 2 heterocycles. The maximum absolute atomic E-state index is 14.1. The average molecular weight is 492 g/mol. The van der Waals surface area contributed by atoms with Gasteiger partial charge in [-0.25, -0.2) is 4.79 Å². The van der Waals surface area contributed by atoms with Gasteiger partial charge in [0.15, 0.2) is 5.54 Å². The van der Waals surface area contributed by atoms with E-state index in [-0.39, 0.29) is 18.5 Å². The Balaban J connectivity index is 1.46. The van der Waals surface area contributed by atoms with Gasteiger partial charge in [-0.2, -0.15) is 0 Å². The van der Waals surface area contributed by atoms with E-state index >= 15 is 0 Å². The number of methoxy groups -OCH3 is 2. The topological polar surface area (TPSA) is 88.2 Å². The fourth-order valence-electron chi connectivity index (χ4n) is 6.12. The monoisotopic (exact) mass is 491 g/mol. The third-order valence-electron chi connectivity index (χ3n) is 8.01. The van der Waals surface area contributed by atoms with Gasteiger partial charge in [0.05, 0.1) is 14.2 Å². The minimum absolute atomic E-state index is 0.157. The Morgan fingerprint density at radius 2 is 1.44 bits per heavy atom. The molecule has 0 spiro atoms. The van der Waals surface area contributed by atoms with Gasteiger partial charge in [-0.05, 0) is 67.0 Å². The van der Waals surface area contributed by atoms with Crippen molar-refractivity contribution in [2.24, 2.45) is 5.92 Å². The number of nitrogens with zero attached hydrogens (tertiary/aromatic N) is 2. The van der Waals surface area contributed by atoms with Gasteiger partial charge in [-0.1, -0.05) is 37.1 Å². The summed E-state index contributed by atoms with van der Waals surface area (Å²) < 4.78 is 10.6. The lowest BCUT2D eigenvalue weighted by atomic mass is 9.78. The Bertz CT molecular complexity index is 1080. The zero-order chi connectivity index (χ0) is 25.3. The predicted octanol–water partition coefficient (Wildman–Crippen LogP) is 3.68. The SMILES string of the molecule is COc1ccc(C2(c3ccc(OC)cc3)NC(=O)N(CC(=O)N3CCC[C@@H]4CCCC[C@H]43)C2=O)cc1. The lowest BCUT2D eigenvalue weighted by molar-refractivity contribution is -0.142. The Labute approximate surface area is 211 Å². The van der Waals surface area contributed by atoms with Crippen LogP contribution in [0.15, 0.2) is 48.5 Å². The number of hydrogen-bond acceptors (Lipinski definition) is 5. The molecule has 3 aliphatic rings. The van der Waals surface area contributed by atoms with E-state index < -0.39 is 17.5 Å². The summed E-state index contributed by atoms with van der Waals surface area (Å²) in [7, 11) is 3.14. The summed E-state index contributed by atoms with van der Waals surface area (Å²) in [5, 5.41) is 2.92. The first-order valence-electron chi connectivity index (χ1n) is 12.7. The largest absolute Gasteiger partial charge is 0.497 e. The molecular formula is C28H33N3O5. The molecule has 36 heavy (non-hydrogen) atoms. The van der Waals surface area contributed by atoms with Crippen molar-refractivity contribution in [3.8, 4) is 11.5 Å². The summed E-state index contributed by atoms with van der Waals surface area (Å²) >= 11 is 0. The fraction of sp³-hybridized carbons (Fsp3) is 0.464. The van der Waals surface area contributed by atoms with Crippen LogP contribution >= 0.6 is 0 Å². The van der Waals surface area contributed by atoms with E-state index in [9.17, 15) is 14.4 Å². The van der Waals surface area contributed by atoms with Crippen LogP contribution in [0.1, 0.15) is 49.7 Å². The Kier molecular flexibility index (Phi) is 6.60. The molecule has 8 heteroatoms. The number of carbonyl (C=O) groups excluding carboxylic acids is 3. The highest BCUT2D eigenvalue weighted by molar-refractivity contribution is 6.11. The van der Waals surface area contributed by atoms with E-state index in [2.05, 4.69) is 5.32 Å². The third-order valence-corrected chi connectivity index (χ3v) is 8.01. The highest BCUT2D eigenvalue weighted by atomic mass is 16.5. The molecule has 4 amide bonds. The molecule has 2 aromatic carbocycles. The minimum Gasteiger partial charge on any atom is -0.497 e. The maximum atomic E-state index is 14.1. The normalized spacial score (nSPS) is 23.2. The van der Waals surface area contributed by atoms with Crippen molar-refractivity contribution >= 4 is 17.8 Å². The lowest BCUT2D eigenvalue weighted by Crippen LogP contribution is -2.53. The molecule has 2 atom stereocenters. The van der Waals surface area contributed by atoms with Gasteiger partial charge in [-0.15, -0.1) is 0 Å². The van der Waals surface area contributed by atoms with E-state index in [1.165, 1.54) is 6.42 Å². The van der Waals surface area contributed by atoms with Crippen LogP contribution in [0, 0.1) is 5.92 Å². The van der Waals surface area contributed by atoms with Crippen molar-refractivity contribution in [1.82, 2.24) is 15.1 Å². The smallest absolute Gasteiger partial charge is 0.326 e. The van der Waals surface area contributed by atoms with Crippen LogP contribution in [-0.4, -0.2) is 61.0 Å². The van der Waals surface area contributed by atoms with Crippen LogP contribution in [0.25, 0.3) is 0 Å². The molecule has 3 fully saturated rings. The van der Waals surface area contributed by atoms with Crippen molar-refractivity contribution in [3.63, 3.8) is 0 Å². The lowest BCUT2D eigenvalue weighted by Gasteiger charge is -2.44. The van der Waals surface area contributed by atoms with Crippen LogP contribution < -0.4 is 14.8 Å². The number of likely N-dealkylation sites (tertiary alicyclic amines) is 1. The summed E-state index contributed by atoms with van der Waals surface area (Å²) in [5.41, 5.74) is -0.273. The number of rotatable bonds is 6. The van der Waals surface area contributed by atoms with Gasteiger partial charge in [0.25, 0.3) is 5.91 Å². The molecule has 2 saturated heterocycles. The summed E-state index contributed by atoms with van der Waals surface area (Å²) in [6, 6.07) is 13.7. The van der Waals surface area contributed by atoms with E-state index in [1.54, 1.807) is 62.8 Å². The molecule has 0 bridgehead atoms. The first-order valence-corrected chi connectivity index (χ1v) is 12.7. The van der Waals surface area contributed by atoms with Crippen LogP contribution in [0.4, 0.5) is 4.79 Å². The second-order valence-corrected chi connectivity index (χ2v) is 9.87. The number of benzene rings is 2. The molecule has 8 nitrogen and oxygen atoms in total. The van der Waals surface area contributed by atoms with Gasteiger partial charge in [0.1, 0.15) is 18.0 Å². The molecule has 1 aliphatic carbocycles. The summed E-state index contributed by atoms with van der Waals surface area (Å²) in [6.07, 6.45) is 6.59. The second-order valence-electron chi connectivity index (χ2n) is 9.87. The maximum Gasteiger partial charge on any atom is 0.326 e. The first-order chi connectivity index (χ1) is 17.5. The standard InChI is InChI=1S/C28H33N3O5/c1-35-22-13-9-20(10-14-22)28(21-11-15-23(36-2)16-12-21)26(33)31(27(34)29-28)18-25(32)30-17-5-7-19-6-3-4-8-24(19)30/h9-16,19,24H,3-8,17-18H2,1-2H3,(H,29,34)/t19-,24+/m0/s1. The number of hydrogen-bond donors (Lipinski definition) is 1. The molecule has 0 aromatic heterocycles. The van der Waals surface area contributed by atoms with E-state index in [0.717, 1.165) is 37.0 Å². The molecule has 1 N–H and O–H groups in total. The number of urea groups is 1. The molecule has 0 radical (unpaired) electrons. The second kappa shape index (κ2) is 9.84. The van der Waals surface area contributed by atoms with E-state index in [4.69, 9.17) is 9.47 Å². The number of amides is 4. The summed E-state index contributed by atoms with van der Waals surface area (Å²) in [5.74, 6) is 1.18. The van der Waals surface area contributed by atoms with Gasteiger partial charge in [-0.3, -0.25) is 14.5 Å². The zero-order valence-electron chi connectivity index (χ0n) is 20.9. The number of nitrogens with one attached hydrogen (secondary N) is 1. The number of piperidine rings is 1. The van der Waals surface area contributed by atoms with Crippen molar-refractivity contribution in [3.05, 3.63) is 59.7 Å². The van der Waals surface area contributed by atoms with Crippen LogP contribution in [0.3, 0.4) is 0 Å². The number of carbonyl (C=O) groups is 3. The van der Waals surface area contributed by atoms with Crippen LogP contribution in [-0.2, 0) is 15.1 Å². The Hall–Kier alpha value is -3.55. The molecule has 0 unspecified atom stereocenters. The molecule has 1 saturated carbocycles. The van der Waals surface area contributed by atoms with Crippen molar-refractivity contribution in [1.29, 1.82) is 0 Å². The predicted molar refractivity (Wildman–Crippen MR) is 134 cm³/mol. The van der Waals surface area contributed by atoms with Gasteiger partial charge < -0.3 is 19.7 Å². The van der Waals surface area contributed by atoms with Crippen molar-refractivity contribution in [2.45, 2.75) is 50.1 Å². The molecule has 5 rings (SSSR count). The third kappa shape index (κ3) is 4.08.